The van der Waals surface area contributed by atoms with E-state index in [4.69, 9.17) is 0 Å². The number of aromatic amines is 2. The standard InChI is InChI=1S/C26H15BrN2O2/c27-15-10-11-20-18(12-15)19(13-28-20)21-22-24(29-23(21)14-6-2-1-3-7-14)26(31)17-9-5-4-8-16(17)25(22)30/h1-13,28-29H. The van der Waals surface area contributed by atoms with Crippen LogP contribution in [0.15, 0.2) is 83.5 Å². The molecule has 0 bridgehead atoms. The molecule has 1 aliphatic carbocycles. The third-order valence-corrected chi connectivity index (χ3v) is 6.34. The van der Waals surface area contributed by atoms with Crippen LogP contribution >= 0.6 is 15.9 Å². The summed E-state index contributed by atoms with van der Waals surface area (Å²) >= 11 is 3.55. The first-order valence-electron chi connectivity index (χ1n) is 9.90. The molecule has 4 nitrogen and oxygen atoms in total. The zero-order valence-electron chi connectivity index (χ0n) is 16.2. The second kappa shape index (κ2) is 6.65. The number of fused-ring (bicyclic) bond motifs is 3. The lowest BCUT2D eigenvalue weighted by Gasteiger charge is -2.15. The quantitative estimate of drug-likeness (QED) is 0.311. The summed E-state index contributed by atoms with van der Waals surface area (Å²) in [5.41, 5.74) is 5.94. The van der Waals surface area contributed by atoms with Crippen LogP contribution in [-0.4, -0.2) is 21.5 Å². The molecule has 31 heavy (non-hydrogen) atoms. The molecular formula is C26H15BrN2O2. The molecule has 0 amide bonds. The van der Waals surface area contributed by atoms with Crippen LogP contribution in [0.5, 0.6) is 0 Å². The molecule has 1 aliphatic rings. The first-order chi connectivity index (χ1) is 15.1. The van der Waals surface area contributed by atoms with Gasteiger partial charge in [0, 0.05) is 43.8 Å². The van der Waals surface area contributed by atoms with E-state index in [9.17, 15) is 9.59 Å². The number of H-pyrrole nitrogens is 2. The Labute approximate surface area is 186 Å². The molecule has 148 valence electrons. The van der Waals surface area contributed by atoms with Gasteiger partial charge in [-0.1, -0.05) is 70.5 Å². The number of rotatable bonds is 2. The third-order valence-electron chi connectivity index (χ3n) is 5.85. The fourth-order valence-corrected chi connectivity index (χ4v) is 4.80. The number of nitrogens with one attached hydrogen (secondary N) is 2. The molecule has 2 heterocycles. The van der Waals surface area contributed by atoms with Crippen molar-refractivity contribution >= 4 is 38.4 Å². The molecule has 0 saturated heterocycles. The Morgan fingerprint density at radius 2 is 1.39 bits per heavy atom. The SMILES string of the molecule is O=C1c2ccccc2C(=O)c2c1[nH]c(-c1ccccc1)c2-c1c[nH]c2ccc(Br)cc12. The van der Waals surface area contributed by atoms with Gasteiger partial charge in [-0.05, 0) is 23.8 Å². The monoisotopic (exact) mass is 466 g/mol. The van der Waals surface area contributed by atoms with Crippen LogP contribution in [0.25, 0.3) is 33.3 Å². The number of ketones is 2. The maximum atomic E-state index is 13.6. The van der Waals surface area contributed by atoms with Gasteiger partial charge in [-0.2, -0.15) is 0 Å². The zero-order valence-corrected chi connectivity index (χ0v) is 17.8. The van der Waals surface area contributed by atoms with Crippen molar-refractivity contribution in [3.05, 3.63) is 106 Å². The number of carbonyl (C=O) groups excluding carboxylic acids is 2. The molecule has 0 saturated carbocycles. The Kier molecular flexibility index (Phi) is 3.88. The summed E-state index contributed by atoms with van der Waals surface area (Å²) in [7, 11) is 0. The van der Waals surface area contributed by atoms with E-state index in [2.05, 4.69) is 25.9 Å². The van der Waals surface area contributed by atoms with Gasteiger partial charge in [0.2, 0.25) is 5.78 Å². The minimum Gasteiger partial charge on any atom is -0.361 e. The molecular weight excluding hydrogens is 452 g/mol. The van der Waals surface area contributed by atoms with Crippen molar-refractivity contribution in [2.45, 2.75) is 0 Å². The summed E-state index contributed by atoms with van der Waals surface area (Å²) in [6, 6.07) is 22.8. The minimum atomic E-state index is -0.158. The number of aromatic nitrogens is 2. The average molecular weight is 467 g/mol. The van der Waals surface area contributed by atoms with Crippen molar-refractivity contribution in [1.29, 1.82) is 0 Å². The van der Waals surface area contributed by atoms with Crippen LogP contribution in [-0.2, 0) is 0 Å². The summed E-state index contributed by atoms with van der Waals surface area (Å²) in [5.74, 6) is -0.294. The van der Waals surface area contributed by atoms with Gasteiger partial charge < -0.3 is 9.97 Å². The summed E-state index contributed by atoms with van der Waals surface area (Å²) < 4.78 is 0.944. The summed E-state index contributed by atoms with van der Waals surface area (Å²) in [6.45, 7) is 0. The van der Waals surface area contributed by atoms with Crippen LogP contribution in [0.2, 0.25) is 0 Å². The molecule has 0 spiro atoms. The smallest absolute Gasteiger partial charge is 0.210 e. The lowest BCUT2D eigenvalue weighted by atomic mass is 9.84. The molecule has 0 fully saturated rings. The zero-order chi connectivity index (χ0) is 21.1. The predicted molar refractivity (Wildman–Crippen MR) is 125 cm³/mol. The van der Waals surface area contributed by atoms with E-state index < -0.39 is 0 Å². The molecule has 0 aliphatic heterocycles. The first-order valence-corrected chi connectivity index (χ1v) is 10.7. The number of benzene rings is 3. The van der Waals surface area contributed by atoms with Crippen LogP contribution in [0.1, 0.15) is 32.0 Å². The highest BCUT2D eigenvalue weighted by molar-refractivity contribution is 9.10. The highest BCUT2D eigenvalue weighted by Crippen LogP contribution is 2.43. The number of hydrogen-bond donors (Lipinski definition) is 2. The molecule has 0 radical (unpaired) electrons. The van der Waals surface area contributed by atoms with Crippen molar-refractivity contribution in [3.63, 3.8) is 0 Å². The van der Waals surface area contributed by atoms with E-state index in [1.165, 1.54) is 0 Å². The topological polar surface area (TPSA) is 65.7 Å². The lowest BCUT2D eigenvalue weighted by molar-refractivity contribution is 0.0977. The Morgan fingerprint density at radius 3 is 2.16 bits per heavy atom. The number of carbonyl (C=O) groups is 2. The van der Waals surface area contributed by atoms with Crippen LogP contribution < -0.4 is 0 Å². The average Bonchev–Trinajstić information content (AvgIpc) is 3.39. The van der Waals surface area contributed by atoms with Crippen LogP contribution in [0, 0.1) is 0 Å². The van der Waals surface area contributed by atoms with Gasteiger partial charge in [0.25, 0.3) is 0 Å². The van der Waals surface area contributed by atoms with E-state index in [0.29, 0.717) is 22.4 Å². The lowest BCUT2D eigenvalue weighted by Crippen LogP contribution is -2.20. The number of hydrogen-bond acceptors (Lipinski definition) is 2. The van der Waals surface area contributed by atoms with Crippen LogP contribution in [0.4, 0.5) is 0 Å². The van der Waals surface area contributed by atoms with Gasteiger partial charge in [-0.25, -0.2) is 0 Å². The summed E-state index contributed by atoms with van der Waals surface area (Å²) in [5, 5.41) is 0.979. The third kappa shape index (κ3) is 2.60. The molecule has 3 aromatic carbocycles. The minimum absolute atomic E-state index is 0.136. The van der Waals surface area contributed by atoms with Gasteiger partial charge in [-0.3, -0.25) is 9.59 Å². The predicted octanol–water partition coefficient (Wildman–Crippen LogP) is 6.37. The maximum Gasteiger partial charge on any atom is 0.210 e. The Morgan fingerprint density at radius 1 is 0.677 bits per heavy atom. The normalized spacial score (nSPS) is 12.8. The molecule has 2 aromatic heterocycles. The molecule has 5 aromatic rings. The highest BCUT2D eigenvalue weighted by Gasteiger charge is 2.36. The van der Waals surface area contributed by atoms with Crippen molar-refractivity contribution in [2.24, 2.45) is 0 Å². The Hall–Kier alpha value is -3.70. The Bertz CT molecular complexity index is 1530. The van der Waals surface area contributed by atoms with Crippen molar-refractivity contribution in [2.75, 3.05) is 0 Å². The highest BCUT2D eigenvalue weighted by atomic mass is 79.9. The summed E-state index contributed by atoms with van der Waals surface area (Å²) in [6.07, 6.45) is 1.91. The maximum absolute atomic E-state index is 13.6. The van der Waals surface area contributed by atoms with Crippen molar-refractivity contribution in [1.82, 2.24) is 9.97 Å². The largest absolute Gasteiger partial charge is 0.361 e. The van der Waals surface area contributed by atoms with Gasteiger partial charge in [0.15, 0.2) is 5.78 Å². The second-order valence-corrected chi connectivity index (χ2v) is 8.50. The van der Waals surface area contributed by atoms with E-state index >= 15 is 0 Å². The molecule has 0 unspecified atom stereocenters. The summed E-state index contributed by atoms with van der Waals surface area (Å²) in [4.78, 5) is 33.6. The van der Waals surface area contributed by atoms with E-state index in [1.54, 1.807) is 24.3 Å². The second-order valence-electron chi connectivity index (χ2n) is 7.59. The van der Waals surface area contributed by atoms with Gasteiger partial charge in [-0.15, -0.1) is 0 Å². The molecule has 0 atom stereocenters. The molecule has 5 heteroatoms. The van der Waals surface area contributed by atoms with Crippen molar-refractivity contribution < 1.29 is 9.59 Å². The first kappa shape index (κ1) is 18.1. The molecule has 6 rings (SSSR count). The van der Waals surface area contributed by atoms with Crippen molar-refractivity contribution in [3.8, 4) is 22.4 Å². The van der Waals surface area contributed by atoms with Gasteiger partial charge >= 0.3 is 0 Å². The van der Waals surface area contributed by atoms with E-state index in [1.807, 2.05) is 54.7 Å². The molecule has 2 N–H and O–H groups in total. The van der Waals surface area contributed by atoms with Gasteiger partial charge in [0.05, 0.1) is 17.0 Å². The van der Waals surface area contributed by atoms with Gasteiger partial charge in [0.1, 0.15) is 0 Å². The van der Waals surface area contributed by atoms with Crippen LogP contribution in [0.3, 0.4) is 0 Å². The fraction of sp³-hybridized carbons (Fsp3) is 0. The fourth-order valence-electron chi connectivity index (χ4n) is 4.44. The Balaban J connectivity index is 1.73. The number of halogens is 1. The van der Waals surface area contributed by atoms with E-state index in [0.717, 1.165) is 37.8 Å². The van der Waals surface area contributed by atoms with E-state index in [-0.39, 0.29) is 11.6 Å².